The van der Waals surface area contributed by atoms with Crippen LogP contribution in [0.5, 0.6) is 0 Å². The Balaban J connectivity index is 0.00000272. The molecule has 0 atom stereocenters. The molecule has 4 rings (SSSR count). The van der Waals surface area contributed by atoms with E-state index in [0.717, 1.165) is 69.3 Å². The van der Waals surface area contributed by atoms with E-state index >= 15 is 0 Å². The van der Waals surface area contributed by atoms with Gasteiger partial charge in [-0.3, -0.25) is 9.69 Å². The SMILES string of the molecule is CCSc1ccccc1C(=O)NCCN1CCN(c2nc3ccc(Cl)cc3s2)CC1.Cl. The molecule has 0 bridgehead atoms. The summed E-state index contributed by atoms with van der Waals surface area (Å²) in [5.74, 6) is 0.967. The van der Waals surface area contributed by atoms with E-state index < -0.39 is 0 Å². The summed E-state index contributed by atoms with van der Waals surface area (Å²) in [5.41, 5.74) is 1.77. The summed E-state index contributed by atoms with van der Waals surface area (Å²) in [6, 6.07) is 13.7. The maximum absolute atomic E-state index is 12.6. The molecule has 5 nitrogen and oxygen atoms in total. The van der Waals surface area contributed by atoms with Gasteiger partial charge in [-0.15, -0.1) is 24.2 Å². The van der Waals surface area contributed by atoms with Crippen LogP contribution in [0.25, 0.3) is 10.2 Å². The third kappa shape index (κ3) is 6.05. The molecule has 0 saturated carbocycles. The average molecular weight is 498 g/mol. The van der Waals surface area contributed by atoms with Crippen molar-refractivity contribution in [2.45, 2.75) is 11.8 Å². The van der Waals surface area contributed by atoms with Gasteiger partial charge in [0.15, 0.2) is 5.13 Å². The van der Waals surface area contributed by atoms with Crippen molar-refractivity contribution in [3.8, 4) is 0 Å². The second-order valence-corrected chi connectivity index (χ2v) is 9.87. The molecule has 2 aromatic carbocycles. The number of benzene rings is 2. The van der Waals surface area contributed by atoms with E-state index in [-0.39, 0.29) is 18.3 Å². The fourth-order valence-corrected chi connectivity index (χ4v) is 5.64. The van der Waals surface area contributed by atoms with Crippen LogP contribution in [0.4, 0.5) is 5.13 Å². The number of amides is 1. The van der Waals surface area contributed by atoms with Crippen molar-refractivity contribution in [1.29, 1.82) is 0 Å². The molecule has 166 valence electrons. The molecule has 0 radical (unpaired) electrons. The number of thioether (sulfide) groups is 1. The lowest BCUT2D eigenvalue weighted by Gasteiger charge is -2.34. The van der Waals surface area contributed by atoms with Crippen molar-refractivity contribution < 1.29 is 4.79 Å². The normalized spacial score (nSPS) is 14.5. The molecule has 1 aromatic heterocycles. The number of hydrogen-bond donors (Lipinski definition) is 1. The van der Waals surface area contributed by atoms with Gasteiger partial charge < -0.3 is 10.2 Å². The van der Waals surface area contributed by atoms with Gasteiger partial charge in [0.05, 0.1) is 15.8 Å². The molecule has 0 aliphatic carbocycles. The number of aromatic nitrogens is 1. The Hall–Kier alpha value is -1.51. The van der Waals surface area contributed by atoms with Gasteiger partial charge >= 0.3 is 0 Å². The lowest BCUT2D eigenvalue weighted by atomic mass is 10.2. The number of halogens is 2. The van der Waals surface area contributed by atoms with Crippen molar-refractivity contribution in [2.24, 2.45) is 0 Å². The Kier molecular flexibility index (Phi) is 8.86. The number of fused-ring (bicyclic) bond motifs is 1. The summed E-state index contributed by atoms with van der Waals surface area (Å²) in [5, 5.41) is 4.89. The summed E-state index contributed by atoms with van der Waals surface area (Å²) in [4.78, 5) is 23.1. The zero-order chi connectivity index (χ0) is 20.9. The first kappa shape index (κ1) is 24.1. The zero-order valence-electron chi connectivity index (χ0n) is 17.3. The Labute approximate surface area is 202 Å². The van der Waals surface area contributed by atoms with Crippen molar-refractivity contribution in [3.63, 3.8) is 0 Å². The van der Waals surface area contributed by atoms with Crippen LogP contribution in [0, 0.1) is 0 Å². The van der Waals surface area contributed by atoms with Crippen molar-refractivity contribution in [2.75, 3.05) is 49.9 Å². The highest BCUT2D eigenvalue weighted by molar-refractivity contribution is 7.99. The lowest BCUT2D eigenvalue weighted by molar-refractivity contribution is 0.0945. The second-order valence-electron chi connectivity index (χ2n) is 7.12. The third-order valence-electron chi connectivity index (χ3n) is 5.13. The summed E-state index contributed by atoms with van der Waals surface area (Å²) in [6.07, 6.45) is 0. The van der Waals surface area contributed by atoms with Crippen LogP contribution in [-0.2, 0) is 0 Å². The second kappa shape index (κ2) is 11.4. The molecule has 1 aliphatic rings. The fraction of sp³-hybridized carbons (Fsp3) is 0.364. The fourth-order valence-electron chi connectivity index (χ4n) is 3.54. The lowest BCUT2D eigenvalue weighted by Crippen LogP contribution is -2.48. The average Bonchev–Trinajstić information content (AvgIpc) is 3.18. The topological polar surface area (TPSA) is 48.5 Å². The largest absolute Gasteiger partial charge is 0.351 e. The van der Waals surface area contributed by atoms with Crippen molar-refractivity contribution in [3.05, 3.63) is 53.1 Å². The third-order valence-corrected chi connectivity index (χ3v) is 7.40. The molecule has 0 spiro atoms. The monoisotopic (exact) mass is 496 g/mol. The van der Waals surface area contributed by atoms with Crippen LogP contribution in [0.3, 0.4) is 0 Å². The van der Waals surface area contributed by atoms with Crippen LogP contribution < -0.4 is 10.2 Å². The summed E-state index contributed by atoms with van der Waals surface area (Å²) >= 11 is 9.49. The number of carbonyl (C=O) groups excluding carboxylic acids is 1. The quantitative estimate of drug-likeness (QED) is 0.464. The zero-order valence-corrected chi connectivity index (χ0v) is 20.5. The number of carbonyl (C=O) groups is 1. The van der Waals surface area contributed by atoms with Gasteiger partial charge in [0, 0.05) is 49.2 Å². The maximum Gasteiger partial charge on any atom is 0.252 e. The number of hydrogen-bond acceptors (Lipinski definition) is 6. The minimum absolute atomic E-state index is 0. The number of nitrogens with one attached hydrogen (secondary N) is 1. The number of anilines is 1. The highest BCUT2D eigenvalue weighted by Gasteiger charge is 2.20. The number of thiazole rings is 1. The predicted octanol–water partition coefficient (Wildman–Crippen LogP) is 5.04. The predicted molar refractivity (Wildman–Crippen MR) is 136 cm³/mol. The summed E-state index contributed by atoms with van der Waals surface area (Å²) in [6.45, 7) is 7.43. The van der Waals surface area contributed by atoms with Gasteiger partial charge in [0.25, 0.3) is 5.91 Å². The van der Waals surface area contributed by atoms with Crippen LogP contribution in [0.15, 0.2) is 47.4 Å². The molecule has 31 heavy (non-hydrogen) atoms. The Morgan fingerprint density at radius 2 is 1.97 bits per heavy atom. The van der Waals surface area contributed by atoms with Crippen LogP contribution in [-0.4, -0.2) is 60.8 Å². The minimum atomic E-state index is 0. The number of piperazine rings is 1. The molecule has 1 fully saturated rings. The standard InChI is InChI=1S/C22H25ClN4OS2.ClH/c1-2-29-19-6-4-3-5-17(19)21(28)24-9-10-26-11-13-27(14-12-26)22-25-18-8-7-16(23)15-20(18)30-22;/h3-8,15H,2,9-14H2,1H3,(H,24,28);1H. The van der Waals surface area contributed by atoms with E-state index in [9.17, 15) is 4.79 Å². The van der Waals surface area contributed by atoms with Crippen LogP contribution in [0.1, 0.15) is 17.3 Å². The molecule has 2 heterocycles. The van der Waals surface area contributed by atoms with E-state index in [2.05, 4.69) is 22.0 Å². The van der Waals surface area contributed by atoms with Gasteiger partial charge in [-0.2, -0.15) is 0 Å². The summed E-state index contributed by atoms with van der Waals surface area (Å²) in [7, 11) is 0. The van der Waals surface area contributed by atoms with Gasteiger partial charge in [-0.25, -0.2) is 4.98 Å². The molecular weight excluding hydrogens is 471 g/mol. The Morgan fingerprint density at radius 1 is 1.19 bits per heavy atom. The minimum Gasteiger partial charge on any atom is -0.351 e. The van der Waals surface area contributed by atoms with Crippen molar-refractivity contribution >= 4 is 68.4 Å². The smallest absolute Gasteiger partial charge is 0.252 e. The molecule has 0 unspecified atom stereocenters. The first-order valence-electron chi connectivity index (χ1n) is 10.2. The van der Waals surface area contributed by atoms with Gasteiger partial charge in [-0.1, -0.05) is 42.0 Å². The van der Waals surface area contributed by atoms with Crippen LogP contribution >= 0.6 is 47.1 Å². The molecule has 1 saturated heterocycles. The Bertz CT molecular complexity index is 1020. The maximum atomic E-state index is 12.6. The molecule has 1 amide bonds. The van der Waals surface area contributed by atoms with Gasteiger partial charge in [0.2, 0.25) is 0 Å². The summed E-state index contributed by atoms with van der Waals surface area (Å²) < 4.78 is 1.13. The van der Waals surface area contributed by atoms with Gasteiger partial charge in [-0.05, 0) is 36.1 Å². The van der Waals surface area contributed by atoms with E-state index in [1.807, 2.05) is 42.5 Å². The highest BCUT2D eigenvalue weighted by atomic mass is 35.5. The molecular formula is C22H26Cl2N4OS2. The van der Waals surface area contributed by atoms with E-state index in [1.165, 1.54) is 0 Å². The highest BCUT2D eigenvalue weighted by Crippen LogP contribution is 2.31. The first-order chi connectivity index (χ1) is 14.6. The van der Waals surface area contributed by atoms with Gasteiger partial charge in [0.1, 0.15) is 0 Å². The van der Waals surface area contributed by atoms with Crippen LogP contribution in [0.2, 0.25) is 5.02 Å². The molecule has 1 N–H and O–H groups in total. The Morgan fingerprint density at radius 3 is 2.74 bits per heavy atom. The number of nitrogens with zero attached hydrogens (tertiary/aromatic N) is 3. The van der Waals surface area contributed by atoms with E-state index in [0.29, 0.717) is 6.54 Å². The first-order valence-corrected chi connectivity index (χ1v) is 12.4. The molecule has 9 heteroatoms. The number of rotatable bonds is 7. The molecule has 3 aromatic rings. The van der Waals surface area contributed by atoms with E-state index in [1.54, 1.807) is 23.1 Å². The molecule has 1 aliphatic heterocycles. The van der Waals surface area contributed by atoms with Crippen molar-refractivity contribution in [1.82, 2.24) is 15.2 Å². The van der Waals surface area contributed by atoms with E-state index in [4.69, 9.17) is 16.6 Å².